The first kappa shape index (κ1) is 15.0. The lowest BCUT2D eigenvalue weighted by molar-refractivity contribution is -0.207. The number of ether oxygens (including phenoxy) is 1. The predicted molar refractivity (Wildman–Crippen MR) is 72.6 cm³/mol. The molecule has 0 radical (unpaired) electrons. The van der Waals surface area contributed by atoms with Gasteiger partial charge in [0.25, 0.3) is 0 Å². The molecule has 0 amide bonds. The molecule has 0 spiro atoms. The molecule has 1 fully saturated rings. The molecule has 3 rings (SSSR count). The molecule has 1 aliphatic carbocycles. The normalized spacial score (nSPS) is 37.3. The van der Waals surface area contributed by atoms with Gasteiger partial charge in [0.1, 0.15) is 17.1 Å². The van der Waals surface area contributed by atoms with Crippen LogP contribution in [0.1, 0.15) is 23.7 Å². The third-order valence-electron chi connectivity index (χ3n) is 4.60. The van der Waals surface area contributed by atoms with E-state index < -0.39 is 47.1 Å². The molecule has 7 nitrogen and oxygen atoms in total. The van der Waals surface area contributed by atoms with Gasteiger partial charge >= 0.3 is 0 Å². The minimum absolute atomic E-state index is 0.113. The number of rotatable bonds is 1. The van der Waals surface area contributed by atoms with Crippen LogP contribution in [-0.2, 0) is 4.79 Å². The van der Waals surface area contributed by atoms with Crippen molar-refractivity contribution in [1.29, 1.82) is 0 Å². The van der Waals surface area contributed by atoms with Crippen LogP contribution in [0.15, 0.2) is 18.2 Å². The van der Waals surface area contributed by atoms with Crippen molar-refractivity contribution >= 4 is 11.6 Å². The van der Waals surface area contributed by atoms with E-state index in [1.807, 2.05) is 0 Å². The quantitative estimate of drug-likeness (QED) is 0.546. The Hall–Kier alpha value is -1.96. The van der Waals surface area contributed by atoms with E-state index in [9.17, 15) is 30.0 Å². The minimum atomic E-state index is -2.64. The Morgan fingerprint density at radius 2 is 2.05 bits per heavy atom. The van der Waals surface area contributed by atoms with E-state index in [1.165, 1.54) is 25.1 Å². The SMILES string of the molecule is CC1CC(O)C2(O)C(=O)c3c(O)cccc3OC2(CO)C1=O. The van der Waals surface area contributed by atoms with E-state index in [4.69, 9.17) is 4.74 Å². The van der Waals surface area contributed by atoms with Crippen LogP contribution < -0.4 is 4.74 Å². The number of hydrogen-bond donors (Lipinski definition) is 4. The first-order chi connectivity index (χ1) is 10.3. The molecule has 118 valence electrons. The molecule has 7 heteroatoms. The second-order valence-electron chi connectivity index (χ2n) is 5.85. The Morgan fingerprint density at radius 1 is 1.36 bits per heavy atom. The Labute approximate surface area is 125 Å². The zero-order chi connectivity index (χ0) is 16.3. The fraction of sp³-hybridized carbons (Fsp3) is 0.467. The average Bonchev–Trinajstić information content (AvgIpc) is 2.48. The number of phenols is 1. The van der Waals surface area contributed by atoms with Crippen LogP contribution in [0.2, 0.25) is 0 Å². The molecule has 1 aliphatic heterocycles. The van der Waals surface area contributed by atoms with Crippen molar-refractivity contribution in [2.45, 2.75) is 30.7 Å². The molecular weight excluding hydrogens is 292 g/mol. The van der Waals surface area contributed by atoms with Crippen LogP contribution >= 0.6 is 0 Å². The molecule has 4 atom stereocenters. The van der Waals surface area contributed by atoms with Crippen LogP contribution in [0, 0.1) is 5.92 Å². The summed E-state index contributed by atoms with van der Waals surface area (Å²) in [5.74, 6) is -2.94. The maximum Gasteiger partial charge on any atom is 0.228 e. The number of phenolic OH excluding ortho intramolecular Hbond substituents is 1. The van der Waals surface area contributed by atoms with Gasteiger partial charge in [-0.25, -0.2) is 0 Å². The van der Waals surface area contributed by atoms with Crippen LogP contribution in [0.4, 0.5) is 0 Å². The fourth-order valence-electron chi connectivity index (χ4n) is 3.37. The topological polar surface area (TPSA) is 124 Å². The van der Waals surface area contributed by atoms with Gasteiger partial charge in [-0.3, -0.25) is 9.59 Å². The van der Waals surface area contributed by atoms with Crippen molar-refractivity contribution in [2.75, 3.05) is 6.61 Å². The fourth-order valence-corrected chi connectivity index (χ4v) is 3.37. The zero-order valence-corrected chi connectivity index (χ0v) is 11.8. The molecule has 0 saturated heterocycles. The van der Waals surface area contributed by atoms with Crippen LogP contribution in [0.5, 0.6) is 11.5 Å². The first-order valence-electron chi connectivity index (χ1n) is 6.91. The summed E-state index contributed by atoms with van der Waals surface area (Å²) in [7, 11) is 0. The summed E-state index contributed by atoms with van der Waals surface area (Å²) >= 11 is 0. The van der Waals surface area contributed by atoms with Crippen LogP contribution in [-0.4, -0.2) is 55.9 Å². The standard InChI is InChI=1S/C15H16O7/c1-7-5-10(18)15(21)13(20)11-8(17)3-2-4-9(11)22-14(15,6-16)12(7)19/h2-4,7,10,16-18,21H,5-6H2,1H3. The molecule has 22 heavy (non-hydrogen) atoms. The maximum atomic E-state index is 12.7. The number of Topliss-reactive ketones (excluding diaryl/α,β-unsaturated/α-hetero) is 2. The smallest absolute Gasteiger partial charge is 0.228 e. The molecule has 2 aliphatic rings. The summed E-state index contributed by atoms with van der Waals surface area (Å²) < 4.78 is 5.49. The number of benzene rings is 1. The Balaban J connectivity index is 2.31. The van der Waals surface area contributed by atoms with Gasteiger partial charge in [-0.05, 0) is 18.6 Å². The van der Waals surface area contributed by atoms with Gasteiger partial charge in [-0.1, -0.05) is 13.0 Å². The van der Waals surface area contributed by atoms with Gasteiger partial charge in [0, 0.05) is 5.92 Å². The highest BCUT2D eigenvalue weighted by atomic mass is 16.5. The van der Waals surface area contributed by atoms with Gasteiger partial charge in [-0.15, -0.1) is 0 Å². The lowest BCUT2D eigenvalue weighted by Crippen LogP contribution is -2.78. The lowest BCUT2D eigenvalue weighted by atomic mass is 9.61. The molecular formula is C15H16O7. The first-order valence-corrected chi connectivity index (χ1v) is 6.91. The number of aliphatic hydroxyl groups is 3. The maximum absolute atomic E-state index is 12.7. The Morgan fingerprint density at radius 3 is 2.68 bits per heavy atom. The van der Waals surface area contributed by atoms with Crippen molar-refractivity contribution in [3.05, 3.63) is 23.8 Å². The van der Waals surface area contributed by atoms with Crippen LogP contribution in [0.25, 0.3) is 0 Å². The summed E-state index contributed by atoms with van der Waals surface area (Å²) in [5, 5.41) is 40.6. The highest BCUT2D eigenvalue weighted by molar-refractivity contribution is 6.14. The summed E-state index contributed by atoms with van der Waals surface area (Å²) in [6.07, 6.45) is -1.75. The minimum Gasteiger partial charge on any atom is -0.507 e. The number of carbonyl (C=O) groups excluding carboxylic acids is 2. The van der Waals surface area contributed by atoms with E-state index in [-0.39, 0.29) is 17.7 Å². The van der Waals surface area contributed by atoms with Gasteiger partial charge in [0.05, 0.1) is 12.7 Å². The van der Waals surface area contributed by atoms with E-state index in [0.29, 0.717) is 0 Å². The summed E-state index contributed by atoms with van der Waals surface area (Å²) in [6.45, 7) is 0.554. The Kier molecular flexibility index (Phi) is 3.07. The highest BCUT2D eigenvalue weighted by Crippen LogP contribution is 2.49. The molecule has 4 unspecified atom stereocenters. The monoisotopic (exact) mass is 308 g/mol. The van der Waals surface area contributed by atoms with Crippen molar-refractivity contribution < 1.29 is 34.8 Å². The average molecular weight is 308 g/mol. The summed E-state index contributed by atoms with van der Waals surface area (Å²) in [4.78, 5) is 25.2. The largest absolute Gasteiger partial charge is 0.507 e. The van der Waals surface area contributed by atoms with Crippen molar-refractivity contribution in [3.63, 3.8) is 0 Å². The second kappa shape index (κ2) is 4.52. The van der Waals surface area contributed by atoms with Crippen LogP contribution in [0.3, 0.4) is 0 Å². The van der Waals surface area contributed by atoms with E-state index in [0.717, 1.165) is 0 Å². The second-order valence-corrected chi connectivity index (χ2v) is 5.85. The third-order valence-corrected chi connectivity index (χ3v) is 4.60. The number of aromatic hydroxyl groups is 1. The van der Waals surface area contributed by atoms with Crippen molar-refractivity contribution in [1.82, 2.24) is 0 Å². The number of ketones is 2. The highest BCUT2D eigenvalue weighted by Gasteiger charge is 2.71. The van der Waals surface area contributed by atoms with E-state index in [1.54, 1.807) is 0 Å². The number of aliphatic hydroxyl groups excluding tert-OH is 2. The van der Waals surface area contributed by atoms with E-state index >= 15 is 0 Å². The van der Waals surface area contributed by atoms with Gasteiger partial charge in [0.15, 0.2) is 5.78 Å². The molecule has 1 aromatic rings. The van der Waals surface area contributed by atoms with E-state index in [2.05, 4.69) is 0 Å². The molecule has 1 heterocycles. The van der Waals surface area contributed by atoms with Crippen molar-refractivity contribution in [3.8, 4) is 11.5 Å². The van der Waals surface area contributed by atoms with Gasteiger partial charge in [-0.2, -0.15) is 0 Å². The van der Waals surface area contributed by atoms with Crippen molar-refractivity contribution in [2.24, 2.45) is 5.92 Å². The predicted octanol–water partition coefficient (Wildman–Crippen LogP) is -0.601. The number of hydrogen-bond acceptors (Lipinski definition) is 7. The molecule has 0 aromatic heterocycles. The molecule has 1 saturated carbocycles. The Bertz CT molecular complexity index is 670. The molecule has 4 N–H and O–H groups in total. The molecule has 1 aromatic carbocycles. The summed E-state index contributed by atoms with van der Waals surface area (Å²) in [5.41, 5.74) is -5.23. The number of carbonyl (C=O) groups is 2. The molecule has 0 bridgehead atoms. The third kappa shape index (κ3) is 1.50. The summed E-state index contributed by atoms with van der Waals surface area (Å²) in [6, 6.07) is 3.99. The lowest BCUT2D eigenvalue weighted by Gasteiger charge is -2.52. The zero-order valence-electron chi connectivity index (χ0n) is 11.8. The van der Waals surface area contributed by atoms with Gasteiger partial charge in [0.2, 0.25) is 17.0 Å². The van der Waals surface area contributed by atoms with Gasteiger partial charge < -0.3 is 25.2 Å². The number of fused-ring (bicyclic) bond motifs is 2.